The Morgan fingerprint density at radius 1 is 1.12 bits per heavy atom. The Hall–Kier alpha value is -0.820. The molecule has 1 N–H and O–H groups in total. The fourth-order valence-electron chi connectivity index (χ4n) is 2.19. The van der Waals surface area contributed by atoms with Gasteiger partial charge in [-0.2, -0.15) is 0 Å². The van der Waals surface area contributed by atoms with Crippen LogP contribution in [-0.2, 0) is 0 Å². The lowest BCUT2D eigenvalue weighted by Crippen LogP contribution is -2.30. The fraction of sp³-hybridized carbons (Fsp3) is 0.600. The standard InChI is InChI=1S/C15H25N/c1-6-14(7-2)16-13(5)15-10-11(3)8-9-12(15)4/h8-10,13-14,16H,6-7H2,1-5H3. The molecule has 0 heterocycles. The topological polar surface area (TPSA) is 12.0 Å². The quantitative estimate of drug-likeness (QED) is 0.784. The molecule has 90 valence electrons. The molecule has 0 saturated carbocycles. The molecule has 1 heteroatoms. The maximum absolute atomic E-state index is 3.70. The highest BCUT2D eigenvalue weighted by molar-refractivity contribution is 5.32. The Morgan fingerprint density at radius 2 is 1.75 bits per heavy atom. The second kappa shape index (κ2) is 6.05. The lowest BCUT2D eigenvalue weighted by Gasteiger charge is -2.23. The zero-order chi connectivity index (χ0) is 12.1. The molecular weight excluding hydrogens is 194 g/mol. The van der Waals surface area contributed by atoms with Crippen LogP contribution in [0.1, 0.15) is 56.3 Å². The molecule has 0 aliphatic rings. The highest BCUT2D eigenvalue weighted by atomic mass is 14.9. The van der Waals surface area contributed by atoms with E-state index in [1.165, 1.54) is 29.5 Å². The van der Waals surface area contributed by atoms with Gasteiger partial charge in [0.15, 0.2) is 0 Å². The van der Waals surface area contributed by atoms with Crippen molar-refractivity contribution in [3.8, 4) is 0 Å². The van der Waals surface area contributed by atoms with Crippen molar-refractivity contribution in [2.75, 3.05) is 0 Å². The van der Waals surface area contributed by atoms with E-state index < -0.39 is 0 Å². The minimum atomic E-state index is 0.449. The highest BCUT2D eigenvalue weighted by Crippen LogP contribution is 2.20. The molecule has 0 bridgehead atoms. The summed E-state index contributed by atoms with van der Waals surface area (Å²) in [6, 6.07) is 7.79. The number of nitrogens with one attached hydrogen (secondary N) is 1. The predicted molar refractivity (Wildman–Crippen MR) is 71.8 cm³/mol. The summed E-state index contributed by atoms with van der Waals surface area (Å²) in [5, 5.41) is 3.70. The van der Waals surface area contributed by atoms with Crippen LogP contribution in [0.2, 0.25) is 0 Å². The van der Waals surface area contributed by atoms with E-state index in [0.29, 0.717) is 12.1 Å². The van der Waals surface area contributed by atoms with E-state index >= 15 is 0 Å². The van der Waals surface area contributed by atoms with Gasteiger partial charge in [-0.05, 0) is 44.7 Å². The number of hydrogen-bond donors (Lipinski definition) is 1. The van der Waals surface area contributed by atoms with E-state index in [1.807, 2.05) is 0 Å². The highest BCUT2D eigenvalue weighted by Gasteiger charge is 2.12. The molecule has 0 fully saturated rings. The lowest BCUT2D eigenvalue weighted by atomic mass is 9.99. The summed E-state index contributed by atoms with van der Waals surface area (Å²) in [6.07, 6.45) is 2.40. The molecule has 0 aromatic heterocycles. The van der Waals surface area contributed by atoms with E-state index in [2.05, 4.69) is 58.1 Å². The summed E-state index contributed by atoms with van der Waals surface area (Å²) >= 11 is 0. The Balaban J connectivity index is 2.79. The molecule has 1 atom stereocenters. The molecule has 0 amide bonds. The molecule has 1 rings (SSSR count). The van der Waals surface area contributed by atoms with Crippen LogP contribution in [0.15, 0.2) is 18.2 Å². The van der Waals surface area contributed by atoms with Crippen LogP contribution < -0.4 is 5.32 Å². The Labute approximate surface area is 100 Å². The van der Waals surface area contributed by atoms with Crippen LogP contribution in [0.25, 0.3) is 0 Å². The Bertz CT molecular complexity index is 326. The molecule has 0 aliphatic carbocycles. The molecule has 1 nitrogen and oxygen atoms in total. The first-order valence-corrected chi connectivity index (χ1v) is 6.41. The van der Waals surface area contributed by atoms with Gasteiger partial charge in [-0.25, -0.2) is 0 Å². The van der Waals surface area contributed by atoms with Crippen LogP contribution in [0.4, 0.5) is 0 Å². The first-order valence-electron chi connectivity index (χ1n) is 6.41. The molecule has 16 heavy (non-hydrogen) atoms. The minimum Gasteiger partial charge on any atom is -0.307 e. The smallest absolute Gasteiger partial charge is 0.0297 e. The van der Waals surface area contributed by atoms with E-state index in [9.17, 15) is 0 Å². The zero-order valence-corrected chi connectivity index (χ0v) is 11.3. The summed E-state index contributed by atoms with van der Waals surface area (Å²) in [7, 11) is 0. The van der Waals surface area contributed by atoms with Crippen molar-refractivity contribution in [3.63, 3.8) is 0 Å². The van der Waals surface area contributed by atoms with E-state index in [1.54, 1.807) is 0 Å². The maximum atomic E-state index is 3.70. The molecule has 0 saturated heterocycles. The molecule has 0 spiro atoms. The first kappa shape index (κ1) is 13.2. The number of hydrogen-bond acceptors (Lipinski definition) is 1. The fourth-order valence-corrected chi connectivity index (χ4v) is 2.19. The summed E-state index contributed by atoms with van der Waals surface area (Å²) in [4.78, 5) is 0. The molecular formula is C15H25N. The lowest BCUT2D eigenvalue weighted by molar-refractivity contribution is 0.431. The van der Waals surface area contributed by atoms with Crippen LogP contribution >= 0.6 is 0 Å². The van der Waals surface area contributed by atoms with Gasteiger partial charge in [0.1, 0.15) is 0 Å². The summed E-state index contributed by atoms with van der Waals surface area (Å²) < 4.78 is 0. The monoisotopic (exact) mass is 219 g/mol. The predicted octanol–water partition coefficient (Wildman–Crippen LogP) is 4.14. The summed E-state index contributed by atoms with van der Waals surface area (Å²) in [6.45, 7) is 11.1. The van der Waals surface area contributed by atoms with Gasteiger partial charge in [-0.3, -0.25) is 0 Å². The van der Waals surface area contributed by atoms with Crippen molar-refractivity contribution in [2.24, 2.45) is 0 Å². The SMILES string of the molecule is CCC(CC)NC(C)c1cc(C)ccc1C. The van der Waals surface area contributed by atoms with Crippen molar-refractivity contribution in [1.82, 2.24) is 5.32 Å². The maximum Gasteiger partial charge on any atom is 0.0297 e. The van der Waals surface area contributed by atoms with E-state index in [4.69, 9.17) is 0 Å². The third kappa shape index (κ3) is 3.34. The minimum absolute atomic E-state index is 0.449. The average Bonchev–Trinajstić information content (AvgIpc) is 2.28. The number of rotatable bonds is 5. The van der Waals surface area contributed by atoms with Gasteiger partial charge in [0, 0.05) is 12.1 Å². The van der Waals surface area contributed by atoms with Crippen molar-refractivity contribution in [1.29, 1.82) is 0 Å². The number of aryl methyl sites for hydroxylation is 2. The van der Waals surface area contributed by atoms with Crippen LogP contribution in [0.3, 0.4) is 0 Å². The Morgan fingerprint density at radius 3 is 2.31 bits per heavy atom. The van der Waals surface area contributed by atoms with Gasteiger partial charge >= 0.3 is 0 Å². The van der Waals surface area contributed by atoms with E-state index in [-0.39, 0.29) is 0 Å². The van der Waals surface area contributed by atoms with Gasteiger partial charge < -0.3 is 5.32 Å². The molecule has 1 aromatic carbocycles. The third-order valence-electron chi connectivity index (χ3n) is 3.37. The zero-order valence-electron chi connectivity index (χ0n) is 11.3. The Kier molecular flexibility index (Phi) is 5.01. The van der Waals surface area contributed by atoms with Gasteiger partial charge in [-0.1, -0.05) is 37.6 Å². The van der Waals surface area contributed by atoms with Crippen LogP contribution in [0, 0.1) is 13.8 Å². The van der Waals surface area contributed by atoms with Crippen LogP contribution in [-0.4, -0.2) is 6.04 Å². The largest absolute Gasteiger partial charge is 0.307 e. The summed E-state index contributed by atoms with van der Waals surface area (Å²) in [5.74, 6) is 0. The third-order valence-corrected chi connectivity index (χ3v) is 3.37. The first-order chi connectivity index (χ1) is 7.58. The van der Waals surface area contributed by atoms with Gasteiger partial charge in [0.05, 0.1) is 0 Å². The van der Waals surface area contributed by atoms with Crippen molar-refractivity contribution in [3.05, 3.63) is 34.9 Å². The molecule has 0 radical (unpaired) electrons. The molecule has 1 unspecified atom stereocenters. The van der Waals surface area contributed by atoms with Crippen molar-refractivity contribution >= 4 is 0 Å². The van der Waals surface area contributed by atoms with Gasteiger partial charge in [0.2, 0.25) is 0 Å². The van der Waals surface area contributed by atoms with Crippen molar-refractivity contribution < 1.29 is 0 Å². The second-order valence-electron chi connectivity index (χ2n) is 4.76. The second-order valence-corrected chi connectivity index (χ2v) is 4.76. The van der Waals surface area contributed by atoms with Crippen molar-refractivity contribution in [2.45, 2.75) is 59.5 Å². The molecule has 1 aromatic rings. The number of benzene rings is 1. The van der Waals surface area contributed by atoms with Gasteiger partial charge in [0.25, 0.3) is 0 Å². The molecule has 0 aliphatic heterocycles. The average molecular weight is 219 g/mol. The van der Waals surface area contributed by atoms with Crippen LogP contribution in [0.5, 0.6) is 0 Å². The van der Waals surface area contributed by atoms with E-state index in [0.717, 1.165) is 0 Å². The normalized spacial score (nSPS) is 13.1. The summed E-state index contributed by atoms with van der Waals surface area (Å²) in [5.41, 5.74) is 4.17. The van der Waals surface area contributed by atoms with Gasteiger partial charge in [-0.15, -0.1) is 0 Å².